The minimum Gasteiger partial charge on any atom is -0.457 e. The average molecular weight is 641 g/mol. The van der Waals surface area contributed by atoms with Crippen molar-refractivity contribution in [3.63, 3.8) is 0 Å². The van der Waals surface area contributed by atoms with Crippen LogP contribution in [0.3, 0.4) is 0 Å². The summed E-state index contributed by atoms with van der Waals surface area (Å²) in [6, 6.07) is 67.4. The van der Waals surface area contributed by atoms with Crippen LogP contribution in [-0.2, 0) is 5.41 Å². The van der Waals surface area contributed by atoms with Gasteiger partial charge in [0.25, 0.3) is 0 Å². The van der Waals surface area contributed by atoms with E-state index >= 15 is 0 Å². The van der Waals surface area contributed by atoms with Crippen LogP contribution in [0.2, 0.25) is 0 Å². The van der Waals surface area contributed by atoms with Crippen LogP contribution >= 0.6 is 0 Å². The van der Waals surface area contributed by atoms with Crippen LogP contribution in [0.4, 0.5) is 0 Å². The van der Waals surface area contributed by atoms with Crippen molar-refractivity contribution in [2.75, 3.05) is 0 Å². The smallest absolute Gasteiger partial charge is 0.132 e. The van der Waals surface area contributed by atoms with Crippen molar-refractivity contribution in [3.8, 4) is 56.3 Å². The fraction of sp³-hybridized carbons (Fsp3) is 0.0213. The van der Waals surface area contributed by atoms with Gasteiger partial charge in [-0.2, -0.15) is 0 Å². The molecule has 0 atom stereocenters. The van der Waals surface area contributed by atoms with Gasteiger partial charge in [0, 0.05) is 22.3 Å². The summed E-state index contributed by atoms with van der Waals surface area (Å²) in [7, 11) is 0. The number of fused-ring (bicyclic) bond motifs is 2. The topological polar surface area (TPSA) is 35.0 Å². The van der Waals surface area contributed by atoms with E-state index in [9.17, 15) is 0 Å². The molecule has 3 heterocycles. The highest BCUT2D eigenvalue weighted by Gasteiger charge is 2.47. The van der Waals surface area contributed by atoms with Crippen molar-refractivity contribution >= 4 is 0 Å². The Kier molecular flexibility index (Phi) is 7.37. The Morgan fingerprint density at radius 1 is 0.300 bits per heavy atom. The number of nitrogens with zero attached hydrogens (tertiary/aromatic N) is 2. The monoisotopic (exact) mass is 640 g/mol. The number of para-hydroxylation sites is 2. The van der Waals surface area contributed by atoms with Crippen molar-refractivity contribution in [3.05, 3.63) is 217 Å². The normalized spacial score (nSPS) is 12.7. The van der Waals surface area contributed by atoms with E-state index in [2.05, 4.69) is 158 Å². The number of hydrogen-bond acceptors (Lipinski definition) is 3. The van der Waals surface area contributed by atoms with E-state index in [0.29, 0.717) is 0 Å². The van der Waals surface area contributed by atoms with Gasteiger partial charge in [-0.15, -0.1) is 0 Å². The van der Waals surface area contributed by atoms with E-state index < -0.39 is 5.41 Å². The van der Waals surface area contributed by atoms with Gasteiger partial charge in [0.2, 0.25) is 0 Å². The predicted molar refractivity (Wildman–Crippen MR) is 202 cm³/mol. The molecule has 0 saturated carbocycles. The molecule has 0 amide bonds. The molecule has 1 aliphatic heterocycles. The van der Waals surface area contributed by atoms with E-state index in [1.807, 2.05) is 36.4 Å². The summed E-state index contributed by atoms with van der Waals surface area (Å²) in [6.45, 7) is 0. The predicted octanol–water partition coefficient (Wildman–Crippen LogP) is 11.6. The van der Waals surface area contributed by atoms with Crippen LogP contribution in [0.5, 0.6) is 11.5 Å². The number of ether oxygens (including phenoxy) is 1. The van der Waals surface area contributed by atoms with E-state index in [-0.39, 0.29) is 0 Å². The molecule has 8 aromatic rings. The molecule has 0 bridgehead atoms. The highest BCUT2D eigenvalue weighted by atomic mass is 16.5. The Morgan fingerprint density at radius 2 is 0.660 bits per heavy atom. The molecule has 0 radical (unpaired) electrons. The van der Waals surface area contributed by atoms with Crippen molar-refractivity contribution in [1.82, 2.24) is 9.97 Å². The molecule has 0 fully saturated rings. The van der Waals surface area contributed by atoms with Crippen LogP contribution in [0.15, 0.2) is 194 Å². The second-order valence-electron chi connectivity index (χ2n) is 12.5. The van der Waals surface area contributed by atoms with Gasteiger partial charge in [0.15, 0.2) is 0 Å². The van der Waals surface area contributed by atoms with E-state index in [1.54, 1.807) is 0 Å². The third-order valence-corrected chi connectivity index (χ3v) is 9.64. The standard InChI is InChI=1S/C47H32N2O/c1-3-13-33(14-4-1)35-25-29-37(30-26-35)41-19-11-23-45(48-41)47(39-17-7-9-21-43(39)50-44-22-10-8-18-40(44)47)46-24-12-20-42(49-46)38-31-27-36(28-32-38)34-15-5-2-6-16-34/h1-32H. The molecule has 6 aromatic carbocycles. The lowest BCUT2D eigenvalue weighted by Crippen LogP contribution is -2.36. The van der Waals surface area contributed by atoms with Gasteiger partial charge < -0.3 is 4.74 Å². The van der Waals surface area contributed by atoms with Gasteiger partial charge in [0.1, 0.15) is 16.9 Å². The van der Waals surface area contributed by atoms with E-state index in [4.69, 9.17) is 14.7 Å². The van der Waals surface area contributed by atoms with Crippen molar-refractivity contribution in [1.29, 1.82) is 0 Å². The van der Waals surface area contributed by atoms with Crippen LogP contribution < -0.4 is 4.74 Å². The summed E-state index contributed by atoms with van der Waals surface area (Å²) in [4.78, 5) is 10.9. The average Bonchev–Trinajstić information content (AvgIpc) is 3.21. The second-order valence-corrected chi connectivity index (χ2v) is 12.5. The quantitative estimate of drug-likeness (QED) is 0.181. The Labute approximate surface area is 292 Å². The molecule has 1 aliphatic rings. The Hall–Kier alpha value is -6.58. The minimum atomic E-state index is -0.842. The second kappa shape index (κ2) is 12.5. The van der Waals surface area contributed by atoms with Crippen LogP contribution in [0.1, 0.15) is 22.5 Å². The summed E-state index contributed by atoms with van der Waals surface area (Å²) >= 11 is 0. The number of pyridine rings is 2. The van der Waals surface area contributed by atoms with Crippen LogP contribution in [0, 0.1) is 0 Å². The summed E-state index contributed by atoms with van der Waals surface area (Å²) in [5.74, 6) is 1.59. The van der Waals surface area contributed by atoms with Gasteiger partial charge in [-0.05, 0) is 58.7 Å². The Morgan fingerprint density at radius 3 is 1.10 bits per heavy atom. The highest BCUT2D eigenvalue weighted by Crippen LogP contribution is 2.54. The molecule has 2 aromatic heterocycles. The minimum absolute atomic E-state index is 0.796. The van der Waals surface area contributed by atoms with Gasteiger partial charge in [-0.3, -0.25) is 9.97 Å². The zero-order valence-corrected chi connectivity index (χ0v) is 27.3. The zero-order chi connectivity index (χ0) is 33.3. The lowest BCUT2D eigenvalue weighted by molar-refractivity contribution is 0.430. The molecule has 0 unspecified atom stereocenters. The molecular weight excluding hydrogens is 609 g/mol. The Bertz CT molecular complexity index is 2260. The molecule has 0 aliphatic carbocycles. The lowest BCUT2D eigenvalue weighted by atomic mass is 9.67. The fourth-order valence-corrected chi connectivity index (χ4v) is 7.21. The molecule has 9 rings (SSSR count). The first kappa shape index (κ1) is 29.6. The van der Waals surface area contributed by atoms with Crippen molar-refractivity contribution in [2.45, 2.75) is 5.41 Å². The third kappa shape index (κ3) is 5.08. The van der Waals surface area contributed by atoms with Crippen molar-refractivity contribution in [2.24, 2.45) is 0 Å². The molecule has 50 heavy (non-hydrogen) atoms. The number of benzene rings is 6. The largest absolute Gasteiger partial charge is 0.457 e. The molecule has 0 saturated heterocycles. The van der Waals surface area contributed by atoms with E-state index in [0.717, 1.165) is 56.5 Å². The maximum absolute atomic E-state index is 6.56. The van der Waals surface area contributed by atoms with Crippen LogP contribution in [-0.4, -0.2) is 9.97 Å². The van der Waals surface area contributed by atoms with Gasteiger partial charge in [-0.25, -0.2) is 0 Å². The molecule has 3 nitrogen and oxygen atoms in total. The van der Waals surface area contributed by atoms with Crippen LogP contribution in [0.25, 0.3) is 44.8 Å². The third-order valence-electron chi connectivity index (χ3n) is 9.64. The first-order valence-electron chi connectivity index (χ1n) is 16.9. The molecule has 0 N–H and O–H groups in total. The molecular formula is C47H32N2O. The molecule has 3 heteroatoms. The van der Waals surface area contributed by atoms with Gasteiger partial charge in [0.05, 0.1) is 22.8 Å². The number of rotatable bonds is 6. The van der Waals surface area contributed by atoms with Gasteiger partial charge in [-0.1, -0.05) is 158 Å². The van der Waals surface area contributed by atoms with E-state index in [1.165, 1.54) is 22.3 Å². The molecule has 0 spiro atoms. The van der Waals surface area contributed by atoms with Crippen molar-refractivity contribution < 1.29 is 4.74 Å². The Balaban J connectivity index is 1.22. The SMILES string of the molecule is c1ccc(-c2ccc(-c3cccc(C4(c5cccc(-c6ccc(-c7ccccc7)cc6)n5)c5ccccc5Oc5ccccc54)n3)cc2)cc1. The maximum atomic E-state index is 6.56. The summed E-state index contributed by atoms with van der Waals surface area (Å²) in [6.07, 6.45) is 0. The maximum Gasteiger partial charge on any atom is 0.132 e. The summed E-state index contributed by atoms with van der Waals surface area (Å²) < 4.78 is 6.56. The number of aromatic nitrogens is 2. The first-order valence-corrected chi connectivity index (χ1v) is 16.9. The van der Waals surface area contributed by atoms with Gasteiger partial charge >= 0.3 is 0 Å². The summed E-state index contributed by atoms with van der Waals surface area (Å²) in [5, 5.41) is 0. The lowest BCUT2D eigenvalue weighted by Gasteiger charge is -2.39. The zero-order valence-electron chi connectivity index (χ0n) is 27.3. The fourth-order valence-electron chi connectivity index (χ4n) is 7.21. The summed E-state index contributed by atoms with van der Waals surface area (Å²) in [5.41, 5.74) is 11.6. The molecule has 236 valence electrons. The highest BCUT2D eigenvalue weighted by molar-refractivity contribution is 5.73. The first-order chi connectivity index (χ1) is 24.8. The number of hydrogen-bond donors (Lipinski definition) is 0.